The van der Waals surface area contributed by atoms with Crippen molar-refractivity contribution in [1.82, 2.24) is 0 Å². The molecule has 2 aromatic carbocycles. The van der Waals surface area contributed by atoms with Crippen molar-refractivity contribution < 1.29 is 0 Å². The molecule has 21 heavy (non-hydrogen) atoms. The van der Waals surface area contributed by atoms with Crippen LogP contribution in [0.1, 0.15) is 35.6 Å². The second-order valence-electron chi connectivity index (χ2n) is 5.58. The Morgan fingerprint density at radius 3 is 2.62 bits per heavy atom. The van der Waals surface area contributed by atoms with Crippen LogP contribution in [0.25, 0.3) is 5.57 Å². The van der Waals surface area contributed by atoms with Gasteiger partial charge in [-0.3, -0.25) is 0 Å². The normalized spacial score (nSPS) is 15.6. The highest BCUT2D eigenvalue weighted by Gasteiger charge is 2.08. The summed E-state index contributed by atoms with van der Waals surface area (Å²) in [6.07, 6.45) is 9.74. The van der Waals surface area contributed by atoms with Crippen LogP contribution in [0.2, 0.25) is 0 Å². The fraction of sp³-hybridized carbons (Fsp3) is 0.200. The van der Waals surface area contributed by atoms with Gasteiger partial charge in [0.25, 0.3) is 0 Å². The fourth-order valence-electron chi connectivity index (χ4n) is 2.81. The minimum atomic E-state index is 0.0571. The topological polar surface area (TPSA) is 26.0 Å². The van der Waals surface area contributed by atoms with E-state index in [9.17, 15) is 0 Å². The molecule has 0 radical (unpaired) electrons. The number of nitrogens with two attached hydrogens (primary N) is 1. The standard InChI is InChI=1S/C20H21N/c21-20(18-11-5-2-6-12-18)15-16-8-7-13-19(14-16)17-9-3-1-4-10-17/h1-3,5-9,11-14,20H,4,10,15,21H2. The summed E-state index contributed by atoms with van der Waals surface area (Å²) in [6, 6.07) is 19.2. The first kappa shape index (κ1) is 13.8. The van der Waals surface area contributed by atoms with E-state index in [1.165, 1.54) is 22.3 Å². The van der Waals surface area contributed by atoms with Gasteiger partial charge >= 0.3 is 0 Å². The van der Waals surface area contributed by atoms with Crippen molar-refractivity contribution in [2.24, 2.45) is 5.73 Å². The van der Waals surface area contributed by atoms with Crippen molar-refractivity contribution >= 4 is 5.57 Å². The van der Waals surface area contributed by atoms with Gasteiger partial charge in [0.15, 0.2) is 0 Å². The molecule has 1 nitrogen and oxygen atoms in total. The molecule has 3 rings (SSSR count). The predicted octanol–water partition coefficient (Wildman–Crippen LogP) is 4.66. The molecule has 0 bridgehead atoms. The predicted molar refractivity (Wildman–Crippen MR) is 89.9 cm³/mol. The molecule has 1 aliphatic carbocycles. The van der Waals surface area contributed by atoms with Gasteiger partial charge in [-0.1, -0.05) is 72.8 Å². The van der Waals surface area contributed by atoms with Gasteiger partial charge < -0.3 is 5.73 Å². The average Bonchev–Trinajstić information content (AvgIpc) is 2.57. The molecule has 0 spiro atoms. The maximum atomic E-state index is 6.33. The van der Waals surface area contributed by atoms with Crippen LogP contribution in [0.5, 0.6) is 0 Å². The van der Waals surface area contributed by atoms with E-state index in [4.69, 9.17) is 5.73 Å². The van der Waals surface area contributed by atoms with Crippen LogP contribution in [-0.4, -0.2) is 0 Å². The van der Waals surface area contributed by atoms with Crippen LogP contribution >= 0.6 is 0 Å². The zero-order chi connectivity index (χ0) is 14.5. The van der Waals surface area contributed by atoms with E-state index in [0.717, 1.165) is 19.3 Å². The zero-order valence-corrected chi connectivity index (χ0v) is 12.2. The second kappa shape index (κ2) is 6.55. The summed E-state index contributed by atoms with van der Waals surface area (Å²) in [5, 5.41) is 0. The van der Waals surface area contributed by atoms with Crippen LogP contribution in [0, 0.1) is 0 Å². The van der Waals surface area contributed by atoms with Crippen molar-refractivity contribution in [1.29, 1.82) is 0 Å². The Balaban J connectivity index is 1.77. The van der Waals surface area contributed by atoms with Crippen LogP contribution in [0.15, 0.2) is 72.8 Å². The van der Waals surface area contributed by atoms with Gasteiger partial charge in [0, 0.05) is 6.04 Å². The van der Waals surface area contributed by atoms with E-state index in [2.05, 4.69) is 54.6 Å². The number of hydrogen-bond donors (Lipinski definition) is 1. The summed E-state index contributed by atoms with van der Waals surface area (Å²) in [5.41, 5.74) is 11.6. The highest BCUT2D eigenvalue weighted by atomic mass is 14.6. The van der Waals surface area contributed by atoms with Crippen molar-refractivity contribution in [2.75, 3.05) is 0 Å². The first-order valence-electron chi connectivity index (χ1n) is 7.58. The molecule has 1 heteroatoms. The highest BCUT2D eigenvalue weighted by molar-refractivity contribution is 5.68. The molecule has 0 amide bonds. The first-order valence-corrected chi connectivity index (χ1v) is 7.58. The van der Waals surface area contributed by atoms with E-state index >= 15 is 0 Å². The quantitative estimate of drug-likeness (QED) is 0.862. The Hall–Kier alpha value is -2.12. The van der Waals surface area contributed by atoms with Crippen molar-refractivity contribution in [3.8, 4) is 0 Å². The number of rotatable bonds is 4. The maximum Gasteiger partial charge on any atom is 0.0335 e. The smallest absolute Gasteiger partial charge is 0.0335 e. The van der Waals surface area contributed by atoms with Gasteiger partial charge in [0.1, 0.15) is 0 Å². The Bertz CT molecular complexity index is 653. The Morgan fingerprint density at radius 1 is 1.00 bits per heavy atom. The highest BCUT2D eigenvalue weighted by Crippen LogP contribution is 2.25. The molecule has 2 aromatic rings. The molecule has 1 aliphatic rings. The fourth-order valence-corrected chi connectivity index (χ4v) is 2.81. The molecule has 0 saturated carbocycles. The van der Waals surface area contributed by atoms with Gasteiger partial charge in [-0.2, -0.15) is 0 Å². The van der Waals surface area contributed by atoms with E-state index in [-0.39, 0.29) is 6.04 Å². The van der Waals surface area contributed by atoms with E-state index in [1.807, 2.05) is 18.2 Å². The molecule has 0 aromatic heterocycles. The van der Waals surface area contributed by atoms with E-state index < -0.39 is 0 Å². The first-order chi connectivity index (χ1) is 10.3. The summed E-state index contributed by atoms with van der Waals surface area (Å²) in [5.74, 6) is 0. The third kappa shape index (κ3) is 3.50. The van der Waals surface area contributed by atoms with Gasteiger partial charge in [-0.25, -0.2) is 0 Å². The van der Waals surface area contributed by atoms with Crippen LogP contribution in [0.4, 0.5) is 0 Å². The molecule has 1 unspecified atom stereocenters. The number of allylic oxidation sites excluding steroid dienone is 4. The largest absolute Gasteiger partial charge is 0.324 e. The van der Waals surface area contributed by atoms with Gasteiger partial charge in [-0.15, -0.1) is 0 Å². The molecule has 0 heterocycles. The van der Waals surface area contributed by atoms with E-state index in [1.54, 1.807) is 0 Å². The third-order valence-electron chi connectivity index (χ3n) is 3.99. The SMILES string of the molecule is NC(Cc1cccc(C2=CC=CCC2)c1)c1ccccc1. The van der Waals surface area contributed by atoms with Crippen molar-refractivity contribution in [2.45, 2.75) is 25.3 Å². The lowest BCUT2D eigenvalue weighted by Crippen LogP contribution is -2.13. The maximum absolute atomic E-state index is 6.33. The number of benzene rings is 2. The van der Waals surface area contributed by atoms with Crippen molar-refractivity contribution in [3.63, 3.8) is 0 Å². The van der Waals surface area contributed by atoms with Gasteiger partial charge in [0.2, 0.25) is 0 Å². The van der Waals surface area contributed by atoms with Crippen LogP contribution in [0.3, 0.4) is 0 Å². The molecular weight excluding hydrogens is 254 g/mol. The lowest BCUT2D eigenvalue weighted by Gasteiger charge is -2.14. The molecule has 106 valence electrons. The van der Waals surface area contributed by atoms with Crippen LogP contribution < -0.4 is 5.73 Å². The molecule has 0 saturated heterocycles. The summed E-state index contributed by atoms with van der Waals surface area (Å²) in [7, 11) is 0. The Kier molecular flexibility index (Phi) is 4.32. The van der Waals surface area contributed by atoms with Gasteiger partial charge in [0.05, 0.1) is 0 Å². The molecule has 2 N–H and O–H groups in total. The summed E-state index contributed by atoms with van der Waals surface area (Å²) < 4.78 is 0. The minimum absolute atomic E-state index is 0.0571. The third-order valence-corrected chi connectivity index (χ3v) is 3.99. The van der Waals surface area contributed by atoms with Crippen molar-refractivity contribution in [3.05, 3.63) is 89.5 Å². The summed E-state index contributed by atoms with van der Waals surface area (Å²) in [6.45, 7) is 0. The molecular formula is C20H21N. The summed E-state index contributed by atoms with van der Waals surface area (Å²) in [4.78, 5) is 0. The number of hydrogen-bond acceptors (Lipinski definition) is 1. The van der Waals surface area contributed by atoms with E-state index in [0.29, 0.717) is 0 Å². The molecule has 0 aliphatic heterocycles. The minimum Gasteiger partial charge on any atom is -0.324 e. The average molecular weight is 275 g/mol. The van der Waals surface area contributed by atoms with Crippen LogP contribution in [-0.2, 0) is 6.42 Å². The lowest BCUT2D eigenvalue weighted by molar-refractivity contribution is 0.722. The van der Waals surface area contributed by atoms with Gasteiger partial charge in [-0.05, 0) is 41.5 Å². The lowest BCUT2D eigenvalue weighted by atomic mass is 9.93. The molecule has 1 atom stereocenters. The second-order valence-corrected chi connectivity index (χ2v) is 5.58. The Morgan fingerprint density at radius 2 is 1.86 bits per heavy atom. The molecule has 0 fully saturated rings. The zero-order valence-electron chi connectivity index (χ0n) is 12.2. The monoisotopic (exact) mass is 275 g/mol. The summed E-state index contributed by atoms with van der Waals surface area (Å²) >= 11 is 0. The Labute approximate surface area is 126 Å².